The van der Waals surface area contributed by atoms with Crippen molar-refractivity contribution in [3.8, 4) is 0 Å². The average Bonchev–Trinajstić information content (AvgIpc) is 2.71. The minimum absolute atomic E-state index is 0.178. The Morgan fingerprint density at radius 2 is 1.97 bits per heavy atom. The predicted molar refractivity (Wildman–Crippen MR) is 121 cm³/mol. The maximum Gasteiger partial charge on any atom is 0.411 e. The van der Waals surface area contributed by atoms with Crippen molar-refractivity contribution in [2.75, 3.05) is 19.3 Å². The van der Waals surface area contributed by atoms with Gasteiger partial charge in [0.15, 0.2) is 0 Å². The van der Waals surface area contributed by atoms with Gasteiger partial charge in [-0.2, -0.15) is 0 Å². The van der Waals surface area contributed by atoms with E-state index in [9.17, 15) is 17.6 Å². The summed E-state index contributed by atoms with van der Waals surface area (Å²) >= 11 is 3.46. The Kier molecular flexibility index (Phi) is 7.39. The number of ether oxygens (including phenoxy) is 1. The van der Waals surface area contributed by atoms with Crippen LogP contribution in [0.25, 0.3) is 0 Å². The molecule has 1 fully saturated rings. The van der Waals surface area contributed by atoms with Gasteiger partial charge in [0, 0.05) is 24.0 Å². The van der Waals surface area contributed by atoms with Gasteiger partial charge in [-0.15, -0.1) is 0 Å². The van der Waals surface area contributed by atoms with E-state index in [4.69, 9.17) is 4.74 Å². The topological polar surface area (TPSA) is 75.7 Å². The highest BCUT2D eigenvalue weighted by Gasteiger charge is 2.43. The minimum atomic E-state index is -3.30. The molecule has 1 heterocycles. The van der Waals surface area contributed by atoms with Crippen LogP contribution >= 0.6 is 15.9 Å². The van der Waals surface area contributed by atoms with Gasteiger partial charge in [-0.3, -0.25) is 0 Å². The third-order valence-electron chi connectivity index (χ3n) is 5.56. The summed E-state index contributed by atoms with van der Waals surface area (Å²) in [7, 11) is -3.30. The molecule has 168 valence electrons. The lowest BCUT2D eigenvalue weighted by Crippen LogP contribution is -2.49. The first-order chi connectivity index (χ1) is 14.6. The van der Waals surface area contributed by atoms with Crippen LogP contribution in [0.2, 0.25) is 0 Å². The van der Waals surface area contributed by atoms with E-state index in [1.165, 1.54) is 12.1 Å². The lowest BCUT2D eigenvalue weighted by molar-refractivity contribution is -0.0662. The fourth-order valence-electron chi connectivity index (χ4n) is 3.88. The summed E-state index contributed by atoms with van der Waals surface area (Å²) in [6.07, 6.45) is 2.07. The lowest BCUT2D eigenvalue weighted by Gasteiger charge is -2.43. The van der Waals surface area contributed by atoms with Crippen LogP contribution in [0.15, 0.2) is 53.0 Å². The number of nitrogens with zero attached hydrogens (tertiary/aromatic N) is 1. The summed E-state index contributed by atoms with van der Waals surface area (Å²) in [5, 5.41) is 0. The molecule has 2 aromatic carbocycles. The van der Waals surface area contributed by atoms with Crippen molar-refractivity contribution >= 4 is 32.0 Å². The highest BCUT2D eigenvalue weighted by atomic mass is 79.9. The number of carbonyl (C=O) groups is 1. The van der Waals surface area contributed by atoms with Gasteiger partial charge in [-0.05, 0) is 55.2 Å². The minimum Gasteiger partial charge on any atom is -0.438 e. The molecule has 2 atom stereocenters. The number of nitrogens with one attached hydrogen (secondary N) is 1. The van der Waals surface area contributed by atoms with Crippen molar-refractivity contribution in [1.29, 1.82) is 0 Å². The van der Waals surface area contributed by atoms with Gasteiger partial charge in [0.05, 0.1) is 12.3 Å². The van der Waals surface area contributed by atoms with E-state index in [-0.39, 0.29) is 18.4 Å². The largest absolute Gasteiger partial charge is 0.438 e. The maximum absolute atomic E-state index is 13.5. The van der Waals surface area contributed by atoms with Gasteiger partial charge < -0.3 is 9.64 Å². The zero-order chi connectivity index (χ0) is 22.6. The number of hydrogen-bond acceptors (Lipinski definition) is 4. The summed E-state index contributed by atoms with van der Waals surface area (Å²) < 4.78 is 45.6. The first-order valence-electron chi connectivity index (χ1n) is 10.1. The number of amides is 1. The Balaban J connectivity index is 1.79. The van der Waals surface area contributed by atoms with Crippen molar-refractivity contribution in [2.24, 2.45) is 0 Å². The number of halogens is 2. The molecule has 2 aromatic rings. The van der Waals surface area contributed by atoms with Crippen LogP contribution in [-0.2, 0) is 20.4 Å². The van der Waals surface area contributed by atoms with E-state index in [0.29, 0.717) is 31.4 Å². The molecule has 1 N–H and O–H groups in total. The van der Waals surface area contributed by atoms with E-state index in [0.717, 1.165) is 16.3 Å². The molecule has 9 heteroatoms. The van der Waals surface area contributed by atoms with Crippen molar-refractivity contribution in [3.63, 3.8) is 0 Å². The number of hydrogen-bond donors (Lipinski definition) is 1. The second-order valence-electron chi connectivity index (χ2n) is 7.81. The normalized spacial score (nSPS) is 20.4. The molecule has 1 aliphatic rings. The van der Waals surface area contributed by atoms with Crippen LogP contribution in [0.5, 0.6) is 0 Å². The van der Waals surface area contributed by atoms with Gasteiger partial charge in [-0.25, -0.2) is 22.3 Å². The molecule has 6 nitrogen and oxygen atoms in total. The van der Waals surface area contributed by atoms with Gasteiger partial charge >= 0.3 is 6.09 Å². The molecular formula is C22H26BrFN2O4S. The number of cyclic esters (lactones) is 1. The van der Waals surface area contributed by atoms with Crippen LogP contribution in [0.3, 0.4) is 0 Å². The Hall–Kier alpha value is -1.97. The van der Waals surface area contributed by atoms with Crippen molar-refractivity contribution in [2.45, 2.75) is 37.8 Å². The highest BCUT2D eigenvalue weighted by Crippen LogP contribution is 2.40. The molecule has 1 aliphatic heterocycles. The van der Waals surface area contributed by atoms with E-state index in [2.05, 4.69) is 20.7 Å². The summed E-state index contributed by atoms with van der Waals surface area (Å²) in [6, 6.07) is 13.5. The van der Waals surface area contributed by atoms with E-state index >= 15 is 0 Å². The fourth-order valence-corrected chi connectivity index (χ4v) is 4.81. The molecule has 1 amide bonds. The quantitative estimate of drug-likeness (QED) is 0.519. The molecule has 0 saturated carbocycles. The van der Waals surface area contributed by atoms with Gasteiger partial charge in [-0.1, -0.05) is 40.2 Å². The summed E-state index contributed by atoms with van der Waals surface area (Å²) in [6.45, 7) is 2.64. The molecule has 0 aromatic heterocycles. The first kappa shape index (κ1) is 23.7. The molecule has 0 radical (unpaired) electrons. The number of benzene rings is 2. The SMILES string of the molecule is C[C@@H](c1cccc(Br)c1)N1CCC(CCCNS(C)(=O)=O)(c2ccc(F)cc2)OC1=O. The molecule has 31 heavy (non-hydrogen) atoms. The number of carbonyl (C=O) groups excluding carboxylic acids is 1. The van der Waals surface area contributed by atoms with E-state index in [1.807, 2.05) is 31.2 Å². The molecule has 0 bridgehead atoms. The number of rotatable bonds is 8. The fraction of sp³-hybridized carbons (Fsp3) is 0.409. The van der Waals surface area contributed by atoms with Crippen molar-refractivity contribution in [3.05, 3.63) is 69.9 Å². The monoisotopic (exact) mass is 512 g/mol. The van der Waals surface area contributed by atoms with Crippen LogP contribution < -0.4 is 4.72 Å². The molecule has 3 rings (SSSR count). The first-order valence-corrected chi connectivity index (χ1v) is 12.7. The third kappa shape index (κ3) is 6.05. The van der Waals surface area contributed by atoms with Gasteiger partial charge in [0.1, 0.15) is 11.4 Å². The Morgan fingerprint density at radius 3 is 2.58 bits per heavy atom. The molecule has 0 spiro atoms. The zero-order valence-corrected chi connectivity index (χ0v) is 19.9. The highest BCUT2D eigenvalue weighted by molar-refractivity contribution is 9.10. The summed E-state index contributed by atoms with van der Waals surface area (Å²) in [4.78, 5) is 14.7. The van der Waals surface area contributed by atoms with Crippen LogP contribution in [0.1, 0.15) is 43.4 Å². The van der Waals surface area contributed by atoms with Gasteiger partial charge in [0.2, 0.25) is 10.0 Å². The average molecular weight is 513 g/mol. The molecule has 0 aliphatic carbocycles. The smallest absolute Gasteiger partial charge is 0.411 e. The Morgan fingerprint density at radius 1 is 1.26 bits per heavy atom. The molecular weight excluding hydrogens is 487 g/mol. The van der Waals surface area contributed by atoms with Gasteiger partial charge in [0.25, 0.3) is 0 Å². The van der Waals surface area contributed by atoms with E-state index in [1.54, 1.807) is 17.0 Å². The Labute approximate surface area is 191 Å². The van der Waals surface area contributed by atoms with Crippen LogP contribution in [-0.4, -0.2) is 38.8 Å². The third-order valence-corrected chi connectivity index (χ3v) is 6.79. The predicted octanol–water partition coefficient (Wildman–Crippen LogP) is 4.72. The lowest BCUT2D eigenvalue weighted by atomic mass is 9.84. The van der Waals surface area contributed by atoms with Crippen molar-refractivity contribution < 1.29 is 22.3 Å². The second-order valence-corrected chi connectivity index (χ2v) is 10.6. The number of sulfonamides is 1. The zero-order valence-electron chi connectivity index (χ0n) is 17.5. The molecule has 1 saturated heterocycles. The summed E-state index contributed by atoms with van der Waals surface area (Å²) in [5.74, 6) is -0.371. The molecule has 1 unspecified atom stereocenters. The van der Waals surface area contributed by atoms with Crippen molar-refractivity contribution in [1.82, 2.24) is 9.62 Å². The maximum atomic E-state index is 13.5. The van der Waals surface area contributed by atoms with Crippen LogP contribution in [0, 0.1) is 5.82 Å². The van der Waals surface area contributed by atoms with E-state index < -0.39 is 21.7 Å². The summed E-state index contributed by atoms with van der Waals surface area (Å²) in [5.41, 5.74) is 0.756. The Bertz CT molecular complexity index is 1030. The second kappa shape index (κ2) is 9.67. The standard InChI is InChI=1S/C22H26BrFN2O4S/c1-16(17-5-3-6-19(23)15-17)26-14-12-22(30-21(26)27,11-4-13-25-31(2,28)29)18-7-9-20(24)10-8-18/h3,5-10,15-16,25H,4,11-14H2,1-2H3/t16-,22?/m0/s1. The van der Waals surface area contributed by atoms with Crippen LogP contribution in [0.4, 0.5) is 9.18 Å².